The number of carbonyl (C=O) groups excluding carboxylic acids is 2. The molecule has 0 aromatic heterocycles. The molecule has 2 unspecified atom stereocenters. The van der Waals surface area contributed by atoms with Crippen molar-refractivity contribution in [3.05, 3.63) is 82.9 Å². The Bertz CT molecular complexity index is 1220. The van der Waals surface area contributed by atoms with Gasteiger partial charge in [0.25, 0.3) is 0 Å². The van der Waals surface area contributed by atoms with Gasteiger partial charge in [-0.2, -0.15) is 0 Å². The lowest BCUT2D eigenvalue weighted by atomic mass is 9.62. The molecule has 0 spiro atoms. The Morgan fingerprint density at radius 1 is 0.750 bits per heavy atom. The number of carbonyl (C=O) groups is 2. The molecule has 0 bridgehead atoms. The number of amides is 2. The summed E-state index contributed by atoms with van der Waals surface area (Å²) >= 11 is 0. The van der Waals surface area contributed by atoms with Crippen molar-refractivity contribution in [3.63, 3.8) is 0 Å². The van der Waals surface area contributed by atoms with Gasteiger partial charge in [0.15, 0.2) is 0 Å². The molecule has 0 heterocycles. The first kappa shape index (κ1) is 31.4. The maximum absolute atomic E-state index is 12.8. The molecule has 0 aliphatic heterocycles. The lowest BCUT2D eigenvalue weighted by Gasteiger charge is -2.46. The van der Waals surface area contributed by atoms with E-state index in [2.05, 4.69) is 121 Å². The fourth-order valence-corrected chi connectivity index (χ4v) is 6.01. The van der Waals surface area contributed by atoms with E-state index < -0.39 is 0 Å². The van der Waals surface area contributed by atoms with Crippen molar-refractivity contribution in [1.29, 1.82) is 0 Å². The van der Waals surface area contributed by atoms with Crippen LogP contribution in [0.3, 0.4) is 0 Å². The van der Waals surface area contributed by atoms with Gasteiger partial charge in [0.05, 0.1) is 0 Å². The average molecular weight is 543 g/mol. The molecule has 216 valence electrons. The smallest absolute Gasteiger partial charge is 0.244 e. The van der Waals surface area contributed by atoms with Gasteiger partial charge in [-0.3, -0.25) is 9.59 Å². The fourth-order valence-electron chi connectivity index (χ4n) is 6.01. The molecule has 1 aliphatic rings. The van der Waals surface area contributed by atoms with Gasteiger partial charge in [-0.05, 0) is 75.3 Å². The lowest BCUT2D eigenvalue weighted by Crippen LogP contribution is -2.50. The Kier molecular flexibility index (Phi) is 9.54. The molecule has 4 nitrogen and oxygen atoms in total. The van der Waals surface area contributed by atoms with Crippen molar-refractivity contribution in [2.24, 2.45) is 10.8 Å². The van der Waals surface area contributed by atoms with E-state index in [9.17, 15) is 9.59 Å². The lowest BCUT2D eigenvalue weighted by molar-refractivity contribution is -0.119. The van der Waals surface area contributed by atoms with E-state index in [4.69, 9.17) is 0 Å². The molecule has 1 aliphatic carbocycles. The van der Waals surface area contributed by atoms with Crippen molar-refractivity contribution in [2.45, 2.75) is 98.4 Å². The first-order chi connectivity index (χ1) is 18.4. The van der Waals surface area contributed by atoms with E-state index in [-0.39, 0.29) is 39.5 Å². The van der Waals surface area contributed by atoms with Gasteiger partial charge in [0.2, 0.25) is 11.8 Å². The van der Waals surface area contributed by atoms with Crippen molar-refractivity contribution < 1.29 is 9.59 Å². The van der Waals surface area contributed by atoms with E-state index in [0.717, 1.165) is 30.4 Å². The largest absolute Gasteiger partial charge is 0.352 e. The number of benzene rings is 2. The van der Waals surface area contributed by atoms with Crippen molar-refractivity contribution in [3.8, 4) is 0 Å². The summed E-state index contributed by atoms with van der Waals surface area (Å²) in [5.41, 5.74) is 4.73. The maximum atomic E-state index is 12.8. The van der Waals surface area contributed by atoms with Gasteiger partial charge in [-0.1, -0.05) is 111 Å². The van der Waals surface area contributed by atoms with Crippen LogP contribution in [0.2, 0.25) is 0 Å². The topological polar surface area (TPSA) is 58.2 Å². The zero-order chi connectivity index (χ0) is 29.8. The molecule has 0 saturated heterocycles. The molecule has 1 saturated carbocycles. The summed E-state index contributed by atoms with van der Waals surface area (Å²) < 4.78 is 0. The van der Waals surface area contributed by atoms with Crippen LogP contribution in [0.4, 0.5) is 0 Å². The first-order valence-corrected chi connectivity index (χ1v) is 14.6. The minimum atomic E-state index is -0.107. The molecule has 3 rings (SSSR count). The third-order valence-corrected chi connectivity index (χ3v) is 7.89. The van der Waals surface area contributed by atoms with Crippen LogP contribution in [0.1, 0.15) is 104 Å². The summed E-state index contributed by atoms with van der Waals surface area (Å²) in [5.74, 6) is -0.167. The molecule has 2 atom stereocenters. The third kappa shape index (κ3) is 9.50. The Balaban J connectivity index is 1.55. The van der Waals surface area contributed by atoms with Crippen molar-refractivity contribution >= 4 is 24.0 Å². The zero-order valence-electron chi connectivity index (χ0n) is 26.2. The van der Waals surface area contributed by atoms with E-state index in [1.807, 2.05) is 12.2 Å². The Morgan fingerprint density at radius 3 is 1.65 bits per heavy atom. The molecule has 0 radical (unpaired) electrons. The van der Waals surface area contributed by atoms with Crippen LogP contribution in [-0.2, 0) is 20.4 Å². The summed E-state index contributed by atoms with van der Waals surface area (Å²) in [5, 5.41) is 6.35. The number of hydrogen-bond donors (Lipinski definition) is 2. The molecular formula is C36H50N2O2. The van der Waals surface area contributed by atoms with Crippen LogP contribution in [0.5, 0.6) is 0 Å². The highest BCUT2D eigenvalue weighted by molar-refractivity contribution is 5.92. The Hall–Kier alpha value is -3.14. The highest BCUT2D eigenvalue weighted by Gasteiger charge is 2.41. The molecule has 2 aromatic rings. The second kappa shape index (κ2) is 12.2. The first-order valence-electron chi connectivity index (χ1n) is 14.6. The summed E-state index contributed by atoms with van der Waals surface area (Å²) in [4.78, 5) is 25.5. The molecular weight excluding hydrogens is 492 g/mol. The number of hydrogen-bond acceptors (Lipinski definition) is 2. The standard InChI is InChI=1S/C36H50N2O2/c1-33(2,3)28-16-10-26(11-17-28)14-20-31(39)37-25-36(9)23-30(22-35(7,8)24-36)38-32(40)21-15-27-12-18-29(19-13-27)34(4,5)6/h10-21,30H,22-25H2,1-9H3,(H,37,39)(H,38,40)/b20-14+,21-15+. The Morgan fingerprint density at radius 2 is 1.20 bits per heavy atom. The van der Waals surface area contributed by atoms with Crippen LogP contribution in [0.15, 0.2) is 60.7 Å². The van der Waals surface area contributed by atoms with Gasteiger partial charge in [0.1, 0.15) is 0 Å². The van der Waals surface area contributed by atoms with Gasteiger partial charge in [-0.25, -0.2) is 0 Å². The van der Waals surface area contributed by atoms with E-state index >= 15 is 0 Å². The molecule has 2 N–H and O–H groups in total. The summed E-state index contributed by atoms with van der Waals surface area (Å²) in [7, 11) is 0. The molecule has 4 heteroatoms. The minimum absolute atomic E-state index is 0.0583. The zero-order valence-corrected chi connectivity index (χ0v) is 26.2. The average Bonchev–Trinajstić information content (AvgIpc) is 2.83. The van der Waals surface area contributed by atoms with Gasteiger partial charge >= 0.3 is 0 Å². The Labute approximate surface area is 242 Å². The monoisotopic (exact) mass is 542 g/mol. The molecule has 2 amide bonds. The predicted octanol–water partition coefficient (Wildman–Crippen LogP) is 7.83. The van der Waals surface area contributed by atoms with Gasteiger partial charge in [-0.15, -0.1) is 0 Å². The normalized spacial score (nSPS) is 21.5. The number of rotatable bonds is 7. The third-order valence-electron chi connectivity index (χ3n) is 7.89. The predicted molar refractivity (Wildman–Crippen MR) is 169 cm³/mol. The van der Waals surface area contributed by atoms with Gasteiger partial charge < -0.3 is 10.6 Å². The highest BCUT2D eigenvalue weighted by atomic mass is 16.2. The van der Waals surface area contributed by atoms with Gasteiger partial charge in [0, 0.05) is 24.7 Å². The molecule has 1 fully saturated rings. The van der Waals surface area contributed by atoms with Crippen LogP contribution in [0, 0.1) is 10.8 Å². The van der Waals surface area contributed by atoms with Crippen LogP contribution in [-0.4, -0.2) is 24.4 Å². The molecule has 2 aromatic carbocycles. The summed E-state index contributed by atoms with van der Waals surface area (Å²) in [6.45, 7) is 20.4. The minimum Gasteiger partial charge on any atom is -0.352 e. The van der Waals surface area contributed by atoms with Crippen molar-refractivity contribution in [1.82, 2.24) is 10.6 Å². The number of nitrogens with one attached hydrogen (secondary N) is 2. The second-order valence-electron chi connectivity index (χ2n) is 14.9. The summed E-state index contributed by atoms with van der Waals surface area (Å²) in [6.07, 6.45) is 9.71. The van der Waals surface area contributed by atoms with Crippen LogP contribution in [0.25, 0.3) is 12.2 Å². The van der Waals surface area contributed by atoms with Crippen molar-refractivity contribution in [2.75, 3.05) is 6.54 Å². The van der Waals surface area contributed by atoms with E-state index in [0.29, 0.717) is 6.54 Å². The summed E-state index contributed by atoms with van der Waals surface area (Å²) in [6, 6.07) is 16.8. The molecule has 40 heavy (non-hydrogen) atoms. The van der Waals surface area contributed by atoms with Crippen LogP contribution >= 0.6 is 0 Å². The maximum Gasteiger partial charge on any atom is 0.244 e. The quantitative estimate of drug-likeness (QED) is 0.350. The van der Waals surface area contributed by atoms with E-state index in [1.165, 1.54) is 11.1 Å². The van der Waals surface area contributed by atoms with E-state index in [1.54, 1.807) is 12.2 Å². The van der Waals surface area contributed by atoms with Crippen LogP contribution < -0.4 is 10.6 Å². The SMILES string of the molecule is CC1(C)CC(NC(=O)/C=C/c2ccc(C(C)(C)C)cc2)CC(C)(CNC(=O)/C=C/c2ccc(C(C)(C)C)cc2)C1. The second-order valence-corrected chi connectivity index (χ2v) is 14.9. The highest BCUT2D eigenvalue weighted by Crippen LogP contribution is 2.45. The fraction of sp³-hybridized carbons (Fsp3) is 0.500.